The number of pyridine rings is 2. The number of ether oxygens (including phenoxy) is 3. The molecule has 3 amide bonds. The van der Waals surface area contributed by atoms with Crippen molar-refractivity contribution in [2.24, 2.45) is 0 Å². The van der Waals surface area contributed by atoms with E-state index in [0.717, 1.165) is 83.3 Å². The van der Waals surface area contributed by atoms with E-state index in [9.17, 15) is 23.2 Å². The molecule has 2 saturated heterocycles. The van der Waals surface area contributed by atoms with Crippen molar-refractivity contribution in [3.63, 3.8) is 0 Å². The molecule has 2 saturated carbocycles. The zero-order valence-corrected chi connectivity index (χ0v) is 40.3. The largest absolute Gasteiger partial charge is 0.586 e. The van der Waals surface area contributed by atoms with E-state index < -0.39 is 17.1 Å². The first kappa shape index (κ1) is 46.7. The van der Waals surface area contributed by atoms with E-state index in [1.54, 1.807) is 13.2 Å². The Morgan fingerprint density at radius 2 is 1.19 bits per heavy atom. The molecule has 72 heavy (non-hydrogen) atoms. The Bertz CT molecular complexity index is 3210. The number of nitrogens with one attached hydrogen (secondary N) is 2. The summed E-state index contributed by atoms with van der Waals surface area (Å²) in [7, 11) is 3.70. The highest BCUT2D eigenvalue weighted by Gasteiger charge is 2.53. The zero-order chi connectivity index (χ0) is 49.6. The van der Waals surface area contributed by atoms with Crippen molar-refractivity contribution in [1.82, 2.24) is 19.8 Å². The SMILES string of the molecule is CN1CCN(C(=O)c2ccc(-c3nc(NC(=O)C4(c5ccc6c(c5)OC(F)(F)O6)CC4)cc4ccccc34)cc2)CC1.COc1ccc(C2(C(=O)Nc3cc4ccccc4c(N4CCCCC4)n3)CC2)cc1.[HH].[HH]. The number of aromatic nitrogens is 2. The van der Waals surface area contributed by atoms with Crippen LogP contribution in [0.2, 0.25) is 0 Å². The van der Waals surface area contributed by atoms with Crippen LogP contribution in [-0.2, 0) is 20.4 Å². The maximum Gasteiger partial charge on any atom is 0.586 e. The van der Waals surface area contributed by atoms with E-state index in [0.29, 0.717) is 54.4 Å². The Morgan fingerprint density at radius 1 is 0.625 bits per heavy atom. The van der Waals surface area contributed by atoms with Crippen molar-refractivity contribution in [3.8, 4) is 28.5 Å². The number of anilines is 3. The first-order chi connectivity index (χ1) is 34.9. The number of halogens is 2. The van der Waals surface area contributed by atoms with Crippen molar-refractivity contribution in [1.29, 1.82) is 0 Å². The van der Waals surface area contributed by atoms with Gasteiger partial charge in [-0.1, -0.05) is 78.9 Å². The van der Waals surface area contributed by atoms with Crippen molar-refractivity contribution < 1.29 is 40.2 Å². The highest BCUT2D eigenvalue weighted by molar-refractivity contribution is 6.05. The average molecular weight is 976 g/mol. The minimum Gasteiger partial charge on any atom is -0.497 e. The second kappa shape index (κ2) is 18.8. The Morgan fingerprint density at radius 3 is 1.83 bits per heavy atom. The smallest absolute Gasteiger partial charge is 0.497 e. The Labute approximate surface area is 419 Å². The van der Waals surface area contributed by atoms with Gasteiger partial charge in [0.15, 0.2) is 11.5 Å². The normalized spacial score (nSPS) is 18.2. The fourth-order valence-electron chi connectivity index (χ4n) is 10.2. The lowest BCUT2D eigenvalue weighted by molar-refractivity contribution is -0.286. The van der Waals surface area contributed by atoms with Gasteiger partial charge in [-0.25, -0.2) is 9.97 Å². The van der Waals surface area contributed by atoms with Crippen LogP contribution in [0.4, 0.5) is 26.2 Å². The molecule has 5 aliphatic rings. The third-order valence-electron chi connectivity index (χ3n) is 14.8. The predicted octanol–water partition coefficient (Wildman–Crippen LogP) is 10.7. The van der Waals surface area contributed by atoms with Gasteiger partial charge in [0.25, 0.3) is 5.91 Å². The number of hydrogen-bond donors (Lipinski definition) is 2. The van der Waals surface area contributed by atoms with Crippen LogP contribution in [0.5, 0.6) is 17.2 Å². The summed E-state index contributed by atoms with van der Waals surface area (Å²) in [5, 5.41) is 10.2. The lowest BCUT2D eigenvalue weighted by atomic mass is 9.94. The summed E-state index contributed by atoms with van der Waals surface area (Å²) < 4.78 is 41.4. The molecular weight excluding hydrogens is 917 g/mol. The van der Waals surface area contributed by atoms with Crippen molar-refractivity contribution in [2.75, 3.05) is 69.0 Å². The maximum absolute atomic E-state index is 13.6. The Hall–Kier alpha value is -7.65. The number of benzene rings is 5. The van der Waals surface area contributed by atoms with Gasteiger partial charge >= 0.3 is 6.29 Å². The summed E-state index contributed by atoms with van der Waals surface area (Å²) in [4.78, 5) is 56.1. The minimum atomic E-state index is -3.72. The van der Waals surface area contributed by atoms with Crippen LogP contribution in [0.15, 0.2) is 127 Å². The fraction of sp³-hybridized carbons (Fsp3) is 0.316. The number of rotatable bonds is 10. The summed E-state index contributed by atoms with van der Waals surface area (Å²) in [5.41, 5.74) is 2.42. The fourth-order valence-corrected chi connectivity index (χ4v) is 10.2. The van der Waals surface area contributed by atoms with Gasteiger partial charge in [-0.05, 0) is 122 Å². The maximum atomic E-state index is 13.6. The standard InChI is InChI=1S/C32H28F2N4O4.C25H27N3O2.2H2/c1-37-14-16-38(17-15-37)29(39)21-8-6-20(7-9-21)28-24-5-3-2-4-22(24)18-27(35-28)36-30(40)31(12-13-31)23-10-11-25-26(19-23)42-32(33,34)41-25;1-30-20-11-9-19(10-12-20)25(13-14-25)24(29)27-22-17-18-7-3-4-8-21(18)23(26-22)28-15-5-2-6-16-28;;/h2-11,18-19H,12-17H2,1H3,(H,35,36,40);3-4,7-12,17H,2,5-6,13-16H2,1H3,(H,26,27,29);2*1H. The first-order valence-corrected chi connectivity index (χ1v) is 24.7. The minimum absolute atomic E-state index is 0. The molecule has 12 rings (SSSR count). The molecule has 0 spiro atoms. The van der Waals surface area contributed by atoms with Gasteiger partial charge in [-0.2, -0.15) is 0 Å². The number of hydrogen-bond acceptors (Lipinski definition) is 10. The van der Waals surface area contributed by atoms with E-state index >= 15 is 0 Å². The highest BCUT2D eigenvalue weighted by atomic mass is 19.3. The number of fused-ring (bicyclic) bond motifs is 3. The molecule has 2 N–H and O–H groups in total. The van der Waals surface area contributed by atoms with Gasteiger partial charge < -0.3 is 39.5 Å². The molecule has 13 nitrogen and oxygen atoms in total. The van der Waals surface area contributed by atoms with Crippen LogP contribution in [0, 0.1) is 0 Å². The molecule has 2 aliphatic carbocycles. The number of piperazine rings is 1. The van der Waals surface area contributed by atoms with E-state index in [1.165, 1.54) is 31.4 Å². The molecule has 2 aromatic heterocycles. The molecule has 3 aliphatic heterocycles. The number of nitrogens with zero attached hydrogens (tertiary/aromatic N) is 5. The molecule has 372 valence electrons. The number of likely N-dealkylation sites (N-methyl/N-ethyl adjacent to an activating group) is 1. The van der Waals surface area contributed by atoms with Crippen LogP contribution < -0.4 is 29.7 Å². The van der Waals surface area contributed by atoms with Gasteiger partial charge in [0.05, 0.1) is 23.6 Å². The van der Waals surface area contributed by atoms with E-state index in [2.05, 4.69) is 55.2 Å². The number of amides is 3. The molecule has 7 aromatic rings. The average Bonchev–Trinajstić information content (AvgIpc) is 4.35. The molecule has 5 heterocycles. The number of carbonyl (C=O) groups is 3. The van der Waals surface area contributed by atoms with Crippen molar-refractivity contribution in [2.45, 2.75) is 62.1 Å². The molecule has 4 fully saturated rings. The van der Waals surface area contributed by atoms with Crippen LogP contribution in [0.3, 0.4) is 0 Å². The van der Waals surface area contributed by atoms with Gasteiger partial charge in [0, 0.05) is 64.0 Å². The van der Waals surface area contributed by atoms with Crippen LogP contribution >= 0.6 is 0 Å². The third kappa shape index (κ3) is 9.24. The molecule has 0 radical (unpaired) electrons. The highest BCUT2D eigenvalue weighted by Crippen LogP contribution is 2.53. The van der Waals surface area contributed by atoms with Crippen molar-refractivity contribution >= 4 is 56.7 Å². The Kier molecular flexibility index (Phi) is 12.2. The molecular formula is C57H59F2N7O6. The first-order valence-electron chi connectivity index (χ1n) is 24.7. The Balaban J connectivity index is 0.000000186. The predicted molar refractivity (Wildman–Crippen MR) is 277 cm³/mol. The number of carbonyl (C=O) groups excluding carboxylic acids is 3. The topological polar surface area (TPSA) is 138 Å². The van der Waals surface area contributed by atoms with Crippen molar-refractivity contribution in [3.05, 3.63) is 144 Å². The van der Waals surface area contributed by atoms with Crippen LogP contribution in [0.25, 0.3) is 32.8 Å². The summed E-state index contributed by atoms with van der Waals surface area (Å²) in [6, 6.07) is 39.6. The number of piperidine rings is 1. The summed E-state index contributed by atoms with van der Waals surface area (Å²) in [5.74, 6) is 2.43. The van der Waals surface area contributed by atoms with Gasteiger partial charge in [0.2, 0.25) is 11.8 Å². The third-order valence-corrected chi connectivity index (χ3v) is 14.8. The summed E-state index contributed by atoms with van der Waals surface area (Å²) in [6.07, 6.45) is 2.78. The van der Waals surface area contributed by atoms with Crippen LogP contribution in [0.1, 0.15) is 69.3 Å². The molecule has 15 heteroatoms. The van der Waals surface area contributed by atoms with E-state index in [-0.39, 0.29) is 32.1 Å². The molecule has 0 bridgehead atoms. The van der Waals surface area contributed by atoms with Gasteiger partial charge in [-0.3, -0.25) is 14.4 Å². The second-order valence-corrected chi connectivity index (χ2v) is 19.5. The van der Waals surface area contributed by atoms with E-state index in [1.807, 2.05) is 95.9 Å². The number of methoxy groups -OCH3 is 1. The zero-order valence-electron chi connectivity index (χ0n) is 40.3. The van der Waals surface area contributed by atoms with E-state index in [4.69, 9.17) is 14.7 Å². The summed E-state index contributed by atoms with van der Waals surface area (Å²) in [6.45, 7) is 5.14. The lowest BCUT2D eigenvalue weighted by Crippen LogP contribution is -2.47. The quantitative estimate of drug-likeness (QED) is 0.136. The lowest BCUT2D eigenvalue weighted by Gasteiger charge is -2.32. The molecule has 0 atom stereocenters. The molecule has 0 unspecified atom stereocenters. The monoisotopic (exact) mass is 975 g/mol. The molecule has 5 aromatic carbocycles. The van der Waals surface area contributed by atoms with Gasteiger partial charge in [-0.15, -0.1) is 8.78 Å². The van der Waals surface area contributed by atoms with Gasteiger partial charge in [0.1, 0.15) is 23.2 Å². The van der Waals surface area contributed by atoms with Crippen LogP contribution in [-0.4, -0.2) is 97.2 Å². The summed E-state index contributed by atoms with van der Waals surface area (Å²) >= 11 is 0. The number of alkyl halides is 2. The second-order valence-electron chi connectivity index (χ2n) is 19.5.